The fourth-order valence-electron chi connectivity index (χ4n) is 1.93. The molecule has 1 aliphatic heterocycles. The Morgan fingerprint density at radius 2 is 1.82 bits per heavy atom. The van der Waals surface area contributed by atoms with E-state index in [2.05, 4.69) is 20.0 Å². The summed E-state index contributed by atoms with van der Waals surface area (Å²) in [5.74, 6) is -0.132. The molecule has 3 nitrogen and oxygen atoms in total. The summed E-state index contributed by atoms with van der Waals surface area (Å²) in [5, 5.41) is 0. The van der Waals surface area contributed by atoms with Gasteiger partial charge in [-0.15, -0.1) is 0 Å². The molecule has 100 valence electrons. The summed E-state index contributed by atoms with van der Waals surface area (Å²) in [6, 6.07) is 1.58. The molecular weight excluding hydrogens is 263 g/mol. The molecule has 0 amide bonds. The summed E-state index contributed by atoms with van der Waals surface area (Å²) in [4.78, 5) is 0. The predicted molar refractivity (Wildman–Crippen MR) is 79.4 cm³/mol. The summed E-state index contributed by atoms with van der Waals surface area (Å²) in [7, 11) is -4.37. The zero-order valence-corrected chi connectivity index (χ0v) is 12.8. The number of rotatable bonds is 2. The van der Waals surface area contributed by atoms with Gasteiger partial charge in [-0.25, -0.2) is 0 Å². The topological polar surface area (TPSA) is 54.4 Å². The molecule has 1 saturated heterocycles. The van der Waals surface area contributed by atoms with Crippen molar-refractivity contribution in [3.05, 3.63) is 0 Å². The van der Waals surface area contributed by atoms with Gasteiger partial charge in [-0.05, 0) is 12.0 Å². The Bertz CT molecular complexity index is 291. The second-order valence-corrected chi connectivity index (χ2v) is 12.5. The minimum absolute atomic E-state index is 0. The molecule has 0 saturated carbocycles. The van der Waals surface area contributed by atoms with E-state index in [4.69, 9.17) is 4.55 Å². The van der Waals surface area contributed by atoms with Crippen molar-refractivity contribution >= 4 is 47.7 Å². The van der Waals surface area contributed by atoms with E-state index in [-0.39, 0.29) is 35.3 Å². The zero-order chi connectivity index (χ0) is 12.8. The summed E-state index contributed by atoms with van der Waals surface area (Å²) in [5.41, 5.74) is 1.09. The first kappa shape index (κ1) is 20.4. The van der Waals surface area contributed by atoms with Gasteiger partial charge < -0.3 is 0 Å². The summed E-state index contributed by atoms with van der Waals surface area (Å²) < 4.78 is 27.6. The van der Waals surface area contributed by atoms with Gasteiger partial charge in [0.05, 0.1) is 13.8 Å². The van der Waals surface area contributed by atoms with Gasteiger partial charge in [0, 0.05) is 0 Å². The van der Waals surface area contributed by atoms with E-state index in [1.807, 2.05) is 0 Å². The fraction of sp³-hybridized carbons (Fsp3) is 1.00. The molecule has 1 unspecified atom stereocenters. The van der Waals surface area contributed by atoms with E-state index in [9.17, 15) is 8.42 Å². The van der Waals surface area contributed by atoms with Gasteiger partial charge in [0.15, 0.2) is 0 Å². The van der Waals surface area contributed by atoms with Crippen molar-refractivity contribution in [1.82, 2.24) is 0 Å². The molecule has 1 N–H and O–H groups in total. The van der Waals surface area contributed by atoms with E-state index in [0.717, 1.165) is 5.54 Å². The second-order valence-electron chi connectivity index (χ2n) is 5.42. The van der Waals surface area contributed by atoms with Gasteiger partial charge in [0.25, 0.3) is 10.1 Å². The van der Waals surface area contributed by atoms with Crippen molar-refractivity contribution in [2.45, 2.75) is 64.2 Å². The Morgan fingerprint density at radius 3 is 2.00 bits per heavy atom. The third kappa shape index (κ3) is 10.7. The second kappa shape index (κ2) is 9.10. The Labute approximate surface area is 130 Å². The summed E-state index contributed by atoms with van der Waals surface area (Å²) >= 11 is 0. The monoisotopic (exact) mass is 290 g/mol. The van der Waals surface area contributed by atoms with Gasteiger partial charge >= 0.3 is 29.6 Å². The van der Waals surface area contributed by atoms with Crippen LogP contribution in [0.15, 0.2) is 0 Å². The van der Waals surface area contributed by atoms with Crippen LogP contribution in [0.3, 0.4) is 0 Å². The van der Waals surface area contributed by atoms with E-state index < -0.39 is 18.2 Å². The van der Waals surface area contributed by atoms with Crippen LogP contribution >= 0.6 is 0 Å². The summed E-state index contributed by atoms with van der Waals surface area (Å²) in [6.45, 7) is 9.22. The van der Waals surface area contributed by atoms with Crippen LogP contribution in [0.1, 0.15) is 39.5 Å². The summed E-state index contributed by atoms with van der Waals surface area (Å²) in [6.07, 6.45) is 5.00. The molecule has 1 aliphatic rings. The molecule has 0 radical (unpaired) electrons. The Kier molecular flexibility index (Phi) is 10.9. The molecule has 1 fully saturated rings. The molecule has 0 aliphatic carbocycles. The number of hydrogen-bond donors (Lipinski definition) is 1. The van der Waals surface area contributed by atoms with E-state index in [1.54, 1.807) is 13.0 Å². The van der Waals surface area contributed by atoms with Crippen molar-refractivity contribution in [3.63, 3.8) is 0 Å². The Morgan fingerprint density at radius 1 is 1.29 bits per heavy atom. The van der Waals surface area contributed by atoms with E-state index in [0.29, 0.717) is 6.42 Å². The predicted octanol–water partition coefficient (Wildman–Crippen LogP) is 2.90. The maximum absolute atomic E-state index is 9.79. The van der Waals surface area contributed by atoms with Gasteiger partial charge in [-0.3, -0.25) is 4.55 Å². The quantitative estimate of drug-likeness (QED) is 0.628. The van der Waals surface area contributed by atoms with Crippen LogP contribution in [0.25, 0.3) is 0 Å². The average molecular weight is 290 g/mol. The van der Waals surface area contributed by atoms with Gasteiger partial charge in [-0.2, -0.15) is 8.42 Å². The molecule has 1 atom stereocenters. The Balaban J connectivity index is 0. The van der Waals surface area contributed by atoms with Crippen LogP contribution in [0.5, 0.6) is 0 Å². The van der Waals surface area contributed by atoms with Crippen molar-refractivity contribution in [1.29, 1.82) is 0 Å². The molecule has 6 heteroatoms. The molecule has 0 aromatic rings. The molecule has 17 heavy (non-hydrogen) atoms. The van der Waals surface area contributed by atoms with Crippen LogP contribution in [-0.4, -0.2) is 56.4 Å². The fourth-order valence-corrected chi connectivity index (χ4v) is 5.08. The van der Waals surface area contributed by atoms with E-state index in [1.165, 1.54) is 19.3 Å². The third-order valence-electron chi connectivity index (χ3n) is 3.50. The van der Waals surface area contributed by atoms with Crippen LogP contribution in [-0.2, 0) is 10.1 Å². The van der Waals surface area contributed by atoms with Crippen LogP contribution in [0.4, 0.5) is 0 Å². The third-order valence-corrected chi connectivity index (χ3v) is 9.03. The molecular formula is C11H27NaO3SSi. The normalized spacial score (nSPS) is 23.0. The standard InChI is InChI=1S/C8H18Si.C3H8O3S.Na.H/c1-8-6-4-5-7-9(8,2)3;1-2-3-7(4,5)6;;/h8H,4-7H2,1-3H3;2-3H2,1H3,(H,4,5,6);;. The first-order chi connectivity index (χ1) is 7.19. The molecule has 1 heterocycles. The maximum atomic E-state index is 9.79. The molecule has 0 aromatic carbocycles. The first-order valence-corrected chi connectivity index (χ1v) is 11.0. The Hall–Kier alpha value is 1.13. The SMILES string of the molecule is CC1CCCC[Si]1(C)C.CCCS(=O)(=O)O.[NaH]. The van der Waals surface area contributed by atoms with Gasteiger partial charge in [0.1, 0.15) is 0 Å². The van der Waals surface area contributed by atoms with Crippen LogP contribution in [0, 0.1) is 0 Å². The molecule has 0 spiro atoms. The van der Waals surface area contributed by atoms with Gasteiger partial charge in [-0.1, -0.05) is 52.2 Å². The molecule has 0 bridgehead atoms. The first-order valence-electron chi connectivity index (χ1n) is 6.14. The van der Waals surface area contributed by atoms with Crippen molar-refractivity contribution in [2.75, 3.05) is 5.75 Å². The zero-order valence-electron chi connectivity index (χ0n) is 11.0. The van der Waals surface area contributed by atoms with Crippen molar-refractivity contribution < 1.29 is 13.0 Å². The molecule has 1 rings (SSSR count). The van der Waals surface area contributed by atoms with Crippen molar-refractivity contribution in [2.24, 2.45) is 0 Å². The van der Waals surface area contributed by atoms with E-state index >= 15 is 0 Å². The van der Waals surface area contributed by atoms with Crippen LogP contribution in [0.2, 0.25) is 24.7 Å². The van der Waals surface area contributed by atoms with Crippen molar-refractivity contribution in [3.8, 4) is 0 Å². The average Bonchev–Trinajstić information content (AvgIpc) is 2.09. The van der Waals surface area contributed by atoms with Gasteiger partial charge in [0.2, 0.25) is 0 Å². The number of hydrogen-bond acceptors (Lipinski definition) is 2. The minimum atomic E-state index is -3.67. The van der Waals surface area contributed by atoms with Crippen LogP contribution < -0.4 is 0 Å². The molecule has 0 aromatic heterocycles.